The van der Waals surface area contributed by atoms with Crippen LogP contribution in [0.2, 0.25) is 0 Å². The van der Waals surface area contributed by atoms with Gasteiger partial charge in [-0.2, -0.15) is 4.31 Å². The Morgan fingerprint density at radius 3 is 2.36 bits per heavy atom. The molecule has 1 unspecified atom stereocenters. The number of halogens is 1. The lowest BCUT2D eigenvalue weighted by Gasteiger charge is -2.24. The van der Waals surface area contributed by atoms with Crippen LogP contribution in [0.4, 0.5) is 9.18 Å². The third-order valence-corrected chi connectivity index (χ3v) is 6.75. The van der Waals surface area contributed by atoms with Crippen LogP contribution in [0.1, 0.15) is 24.9 Å². The highest BCUT2D eigenvalue weighted by Crippen LogP contribution is 2.19. The van der Waals surface area contributed by atoms with Crippen LogP contribution in [0.25, 0.3) is 0 Å². The molecule has 2 amide bonds. The van der Waals surface area contributed by atoms with Crippen molar-refractivity contribution in [3.05, 3.63) is 66.0 Å². The van der Waals surface area contributed by atoms with Crippen LogP contribution in [-0.2, 0) is 10.0 Å². The van der Waals surface area contributed by atoms with Crippen LogP contribution in [0.3, 0.4) is 0 Å². The van der Waals surface area contributed by atoms with Crippen molar-refractivity contribution < 1.29 is 17.6 Å². The van der Waals surface area contributed by atoms with Crippen molar-refractivity contribution in [1.29, 1.82) is 0 Å². The maximum absolute atomic E-state index is 13.1. The summed E-state index contributed by atoms with van der Waals surface area (Å²) in [5.41, 5.74) is 1.01. The van der Waals surface area contributed by atoms with Gasteiger partial charge in [-0.1, -0.05) is 30.3 Å². The number of urea groups is 1. The maximum Gasteiger partial charge on any atom is 0.317 e. The molecule has 0 aliphatic carbocycles. The van der Waals surface area contributed by atoms with Gasteiger partial charge in [0, 0.05) is 26.2 Å². The van der Waals surface area contributed by atoms with E-state index in [-0.39, 0.29) is 23.5 Å². The fourth-order valence-corrected chi connectivity index (χ4v) is 4.66. The fraction of sp³-hybridized carbons (Fsp3) is 0.350. The molecule has 1 heterocycles. The zero-order valence-corrected chi connectivity index (χ0v) is 16.5. The van der Waals surface area contributed by atoms with Crippen molar-refractivity contribution in [3.8, 4) is 0 Å². The standard InChI is InChI=1S/C20H24FN3O3S/c1-16(17-6-3-2-4-7-17)22-20(25)23-12-5-13-24(15-14-23)28(26,27)19-10-8-18(21)9-11-19/h2-4,6-11,16H,5,12-15H2,1H3,(H,22,25). The minimum absolute atomic E-state index is 0.0597. The molecule has 1 fully saturated rings. The van der Waals surface area contributed by atoms with Gasteiger partial charge in [0.25, 0.3) is 0 Å². The van der Waals surface area contributed by atoms with E-state index in [9.17, 15) is 17.6 Å². The topological polar surface area (TPSA) is 69.7 Å². The number of nitrogens with zero attached hydrogens (tertiary/aromatic N) is 2. The summed E-state index contributed by atoms with van der Waals surface area (Å²) in [6.45, 7) is 3.21. The van der Waals surface area contributed by atoms with E-state index in [1.165, 1.54) is 16.4 Å². The summed E-state index contributed by atoms with van der Waals surface area (Å²) in [5.74, 6) is -0.481. The first-order valence-electron chi connectivity index (χ1n) is 9.24. The number of hydrogen-bond donors (Lipinski definition) is 1. The molecule has 0 bridgehead atoms. The third-order valence-electron chi connectivity index (χ3n) is 4.83. The summed E-state index contributed by atoms with van der Waals surface area (Å²) >= 11 is 0. The predicted molar refractivity (Wildman–Crippen MR) is 105 cm³/mol. The summed E-state index contributed by atoms with van der Waals surface area (Å²) in [6.07, 6.45) is 0.535. The van der Waals surface area contributed by atoms with Gasteiger partial charge in [0.05, 0.1) is 10.9 Å². The molecule has 0 radical (unpaired) electrons. The van der Waals surface area contributed by atoms with Crippen molar-refractivity contribution in [2.75, 3.05) is 26.2 Å². The lowest BCUT2D eigenvalue weighted by molar-refractivity contribution is 0.197. The number of amides is 2. The Morgan fingerprint density at radius 1 is 1.00 bits per heavy atom. The molecule has 1 aliphatic heterocycles. The van der Waals surface area contributed by atoms with Crippen LogP contribution in [-0.4, -0.2) is 49.8 Å². The smallest absolute Gasteiger partial charge is 0.317 e. The molecule has 8 heteroatoms. The van der Waals surface area contributed by atoms with Crippen LogP contribution in [0, 0.1) is 5.82 Å². The van der Waals surface area contributed by atoms with E-state index >= 15 is 0 Å². The summed E-state index contributed by atoms with van der Waals surface area (Å²) in [4.78, 5) is 14.3. The lowest BCUT2D eigenvalue weighted by atomic mass is 10.1. The van der Waals surface area contributed by atoms with Gasteiger partial charge in [0.15, 0.2) is 0 Å². The van der Waals surface area contributed by atoms with Gasteiger partial charge in [-0.15, -0.1) is 0 Å². The minimum Gasteiger partial charge on any atom is -0.331 e. The Hall–Kier alpha value is -2.45. The monoisotopic (exact) mass is 405 g/mol. The molecular formula is C20H24FN3O3S. The van der Waals surface area contributed by atoms with Crippen molar-refractivity contribution in [1.82, 2.24) is 14.5 Å². The highest BCUT2D eigenvalue weighted by molar-refractivity contribution is 7.89. The Balaban J connectivity index is 1.62. The largest absolute Gasteiger partial charge is 0.331 e. The quantitative estimate of drug-likeness (QED) is 0.850. The fourth-order valence-electron chi connectivity index (χ4n) is 3.19. The third kappa shape index (κ3) is 4.69. The normalized spacial score (nSPS) is 17.0. The van der Waals surface area contributed by atoms with Crippen LogP contribution < -0.4 is 5.32 Å². The van der Waals surface area contributed by atoms with Crippen LogP contribution >= 0.6 is 0 Å². The van der Waals surface area contributed by atoms with Crippen molar-refractivity contribution in [2.24, 2.45) is 0 Å². The van der Waals surface area contributed by atoms with E-state index in [1.807, 2.05) is 37.3 Å². The molecule has 1 atom stereocenters. The summed E-state index contributed by atoms with van der Waals surface area (Å²) in [5, 5.41) is 2.96. The second-order valence-corrected chi connectivity index (χ2v) is 8.72. The maximum atomic E-state index is 13.1. The zero-order valence-electron chi connectivity index (χ0n) is 15.7. The van der Waals surface area contributed by atoms with E-state index in [4.69, 9.17) is 0 Å². The van der Waals surface area contributed by atoms with E-state index in [0.717, 1.165) is 17.7 Å². The summed E-state index contributed by atoms with van der Waals surface area (Å²) < 4.78 is 40.0. The molecule has 2 aromatic rings. The number of sulfonamides is 1. The second-order valence-electron chi connectivity index (χ2n) is 6.78. The first-order valence-corrected chi connectivity index (χ1v) is 10.7. The molecule has 28 heavy (non-hydrogen) atoms. The van der Waals surface area contributed by atoms with E-state index < -0.39 is 15.8 Å². The SMILES string of the molecule is CC(NC(=O)N1CCCN(S(=O)(=O)c2ccc(F)cc2)CC1)c1ccccc1. The summed E-state index contributed by atoms with van der Waals surface area (Å²) in [7, 11) is -3.71. The number of rotatable bonds is 4. The molecule has 2 aromatic carbocycles. The Kier molecular flexibility index (Phi) is 6.31. The number of carbonyl (C=O) groups is 1. The van der Waals surface area contributed by atoms with Gasteiger partial charge in [-0.3, -0.25) is 0 Å². The average molecular weight is 405 g/mol. The molecular weight excluding hydrogens is 381 g/mol. The predicted octanol–water partition coefficient (Wildman–Crippen LogP) is 2.99. The lowest BCUT2D eigenvalue weighted by Crippen LogP contribution is -2.43. The average Bonchev–Trinajstić information content (AvgIpc) is 2.96. The number of carbonyl (C=O) groups excluding carboxylic acids is 1. The van der Waals surface area contributed by atoms with Gasteiger partial charge >= 0.3 is 6.03 Å². The molecule has 0 spiro atoms. The van der Waals surface area contributed by atoms with Gasteiger partial charge in [0.1, 0.15) is 5.82 Å². The number of hydrogen-bond acceptors (Lipinski definition) is 3. The molecule has 0 aromatic heterocycles. The van der Waals surface area contributed by atoms with Gasteiger partial charge in [0.2, 0.25) is 10.0 Å². The molecule has 6 nitrogen and oxygen atoms in total. The molecule has 1 N–H and O–H groups in total. The molecule has 3 rings (SSSR count). The van der Waals surface area contributed by atoms with Gasteiger partial charge in [-0.05, 0) is 43.2 Å². The second kappa shape index (κ2) is 8.70. The Labute approximate surface area is 165 Å². The van der Waals surface area contributed by atoms with Gasteiger partial charge in [-0.25, -0.2) is 17.6 Å². The van der Waals surface area contributed by atoms with Crippen molar-refractivity contribution in [3.63, 3.8) is 0 Å². The molecule has 1 aliphatic rings. The number of nitrogens with one attached hydrogen (secondary N) is 1. The van der Waals surface area contributed by atoms with Crippen molar-refractivity contribution >= 4 is 16.1 Å². The van der Waals surface area contributed by atoms with Crippen LogP contribution in [0.15, 0.2) is 59.5 Å². The van der Waals surface area contributed by atoms with Gasteiger partial charge < -0.3 is 10.2 Å². The first kappa shape index (κ1) is 20.3. The minimum atomic E-state index is -3.71. The molecule has 0 saturated carbocycles. The highest BCUT2D eigenvalue weighted by Gasteiger charge is 2.28. The Bertz CT molecular complexity index is 904. The van der Waals surface area contributed by atoms with Crippen LogP contribution in [0.5, 0.6) is 0 Å². The highest BCUT2D eigenvalue weighted by atomic mass is 32.2. The molecule has 1 saturated heterocycles. The number of benzene rings is 2. The first-order chi connectivity index (χ1) is 13.4. The van der Waals surface area contributed by atoms with E-state index in [1.54, 1.807) is 4.90 Å². The van der Waals surface area contributed by atoms with E-state index in [2.05, 4.69) is 5.32 Å². The zero-order chi connectivity index (χ0) is 20.1. The van der Waals surface area contributed by atoms with Crippen molar-refractivity contribution in [2.45, 2.75) is 24.3 Å². The van der Waals surface area contributed by atoms with E-state index in [0.29, 0.717) is 26.1 Å². The Morgan fingerprint density at radius 2 is 1.68 bits per heavy atom. The molecule has 150 valence electrons. The summed E-state index contributed by atoms with van der Waals surface area (Å²) in [6, 6.07) is 14.1.